The van der Waals surface area contributed by atoms with Gasteiger partial charge in [0.05, 0.1) is 19.6 Å². The molecule has 16 heteroatoms. The van der Waals surface area contributed by atoms with Gasteiger partial charge in [-0.05, 0) is 104 Å². The molecule has 4 aromatic rings. The maximum atomic E-state index is 12.3. The zero-order valence-corrected chi connectivity index (χ0v) is 45.7. The number of rotatable bonds is 14. The van der Waals surface area contributed by atoms with Gasteiger partial charge in [0.25, 0.3) is 0 Å². The predicted molar refractivity (Wildman–Crippen MR) is 299 cm³/mol. The van der Waals surface area contributed by atoms with E-state index in [2.05, 4.69) is 131 Å². The Morgan fingerprint density at radius 2 is 0.917 bits per heavy atom. The number of aromatic nitrogens is 1. The van der Waals surface area contributed by atoms with Gasteiger partial charge in [0.15, 0.2) is 0 Å². The molecule has 1 aromatic heterocycles. The van der Waals surface area contributed by atoms with Crippen LogP contribution in [0.4, 0.5) is 0 Å². The third kappa shape index (κ3) is 16.8. The molecule has 3 unspecified atom stereocenters. The highest BCUT2D eigenvalue weighted by molar-refractivity contribution is 5.86. The van der Waals surface area contributed by atoms with Gasteiger partial charge in [-0.25, -0.2) is 0 Å². The average molecular weight is 1070 g/mol. The van der Waals surface area contributed by atoms with Crippen molar-refractivity contribution < 1.29 is 14.4 Å². The number of piperazine rings is 2. The molecule has 7 aliphatic rings. The summed E-state index contributed by atoms with van der Waals surface area (Å²) in [5.74, 6) is 3.99. The molecular weight excluding hydrogens is 988 g/mol. The summed E-state index contributed by atoms with van der Waals surface area (Å²) in [5, 5.41) is 10.3. The molecule has 4 saturated carbocycles. The molecule has 394 valence electrons. The highest BCUT2D eigenvalue weighted by Crippen LogP contribution is 2.44. The van der Waals surface area contributed by atoms with Crippen molar-refractivity contribution in [2.45, 2.75) is 87.2 Å². The van der Waals surface area contributed by atoms with E-state index in [1.165, 1.54) is 47.1 Å². The molecule has 0 spiro atoms. The summed E-state index contributed by atoms with van der Waals surface area (Å²) in [4.78, 5) is 51.3. The maximum Gasteiger partial charge on any atom is 0.236 e. The second-order valence-corrected chi connectivity index (χ2v) is 20.8. The Labute approximate surface area is 453 Å². The van der Waals surface area contributed by atoms with Gasteiger partial charge in [-0.1, -0.05) is 91.9 Å². The van der Waals surface area contributed by atoms with Crippen LogP contribution < -0.4 is 16.0 Å². The molecular formula is C56H79Cl4N9O3. The van der Waals surface area contributed by atoms with Crippen LogP contribution in [0, 0.1) is 5.92 Å². The van der Waals surface area contributed by atoms with Gasteiger partial charge >= 0.3 is 0 Å². The van der Waals surface area contributed by atoms with E-state index in [-0.39, 0.29) is 67.3 Å². The molecule has 3 aromatic carbocycles. The van der Waals surface area contributed by atoms with Crippen molar-refractivity contribution in [2.75, 3.05) is 99.2 Å². The number of hydrogen-bond donors (Lipinski definition) is 3. The van der Waals surface area contributed by atoms with Gasteiger partial charge < -0.3 is 40.4 Å². The Balaban J connectivity index is 0.000000197. The molecule has 11 rings (SSSR count). The second kappa shape index (κ2) is 28.2. The van der Waals surface area contributed by atoms with Gasteiger partial charge in [-0.2, -0.15) is 0 Å². The summed E-state index contributed by atoms with van der Waals surface area (Å²) in [7, 11) is 4.22. The molecule has 4 heterocycles. The molecule has 72 heavy (non-hydrogen) atoms. The minimum Gasteiger partial charge on any atom is -0.341 e. The molecule has 3 saturated heterocycles. The quantitative estimate of drug-likeness (QED) is 0.119. The fourth-order valence-electron chi connectivity index (χ4n) is 10.2. The Morgan fingerprint density at radius 3 is 1.33 bits per heavy atom. The van der Waals surface area contributed by atoms with Crippen molar-refractivity contribution >= 4 is 67.3 Å². The first-order chi connectivity index (χ1) is 33.1. The average Bonchev–Trinajstić information content (AvgIpc) is 4.18. The smallest absolute Gasteiger partial charge is 0.236 e. The van der Waals surface area contributed by atoms with Gasteiger partial charge in [0.2, 0.25) is 17.7 Å². The number of amides is 3. The molecule has 3 N–H and O–H groups in total. The van der Waals surface area contributed by atoms with Crippen molar-refractivity contribution in [3.05, 3.63) is 126 Å². The van der Waals surface area contributed by atoms with Crippen molar-refractivity contribution in [3.8, 4) is 11.1 Å². The van der Waals surface area contributed by atoms with Crippen LogP contribution in [-0.2, 0) is 14.4 Å². The molecule has 3 amide bonds. The standard InChI is InChI=1S/C21H26N4O.C19H27N3O.C16H22N2O.4ClH/c1-24-9-11-25(12-10-24)21(26)15-23-20-13-19(20)17-6-4-16(5-7-17)18-3-2-8-22-14-18;1-21-8-10-22(11-9-21)19(23)13-20-18-12-17(18)16-6-4-15(5-7-16)14-2-3-14;1-12-7-8-18(11-12)16(19)10-17-15-9-14(15)13-5-3-2-4-6-13;;;;/h2-8,14,19-20,23H,9-13,15H2,1H3;4-7,14,17-18,20H,2-3,8-13H2,1H3;2-6,12,14-15,17H,7-11H2,1H3;4*1H/t19?,20-;17?,18-;12-,14?,15-;;;;/m000..../s1. The van der Waals surface area contributed by atoms with Crippen LogP contribution in [0.3, 0.4) is 0 Å². The van der Waals surface area contributed by atoms with Crippen LogP contribution in [0.2, 0.25) is 0 Å². The lowest BCUT2D eigenvalue weighted by Gasteiger charge is -2.32. The van der Waals surface area contributed by atoms with Gasteiger partial charge in [0.1, 0.15) is 0 Å². The summed E-state index contributed by atoms with van der Waals surface area (Å²) in [5.41, 5.74) is 8.01. The predicted octanol–water partition coefficient (Wildman–Crippen LogP) is 7.44. The number of pyridine rings is 1. The van der Waals surface area contributed by atoms with Crippen LogP contribution in [0.5, 0.6) is 0 Å². The van der Waals surface area contributed by atoms with Gasteiger partial charge in [0, 0.05) is 114 Å². The van der Waals surface area contributed by atoms with Crippen molar-refractivity contribution in [3.63, 3.8) is 0 Å². The van der Waals surface area contributed by atoms with E-state index in [1.54, 1.807) is 6.20 Å². The third-order valence-corrected chi connectivity index (χ3v) is 15.4. The second-order valence-electron chi connectivity index (χ2n) is 20.8. The minimum atomic E-state index is 0. The van der Waals surface area contributed by atoms with Crippen LogP contribution in [0.25, 0.3) is 11.1 Å². The first-order valence-electron chi connectivity index (χ1n) is 25.7. The van der Waals surface area contributed by atoms with Crippen LogP contribution in [0.15, 0.2) is 103 Å². The summed E-state index contributed by atoms with van der Waals surface area (Å²) < 4.78 is 0. The van der Waals surface area contributed by atoms with E-state index in [1.807, 2.05) is 33.0 Å². The lowest BCUT2D eigenvalue weighted by Crippen LogP contribution is -2.49. The van der Waals surface area contributed by atoms with Crippen molar-refractivity contribution in [1.82, 2.24) is 45.4 Å². The van der Waals surface area contributed by atoms with E-state index in [0.29, 0.717) is 61.4 Å². The van der Waals surface area contributed by atoms with E-state index in [0.717, 1.165) is 96.2 Å². The number of halogens is 4. The number of carbonyl (C=O) groups is 3. The fourth-order valence-corrected chi connectivity index (χ4v) is 10.2. The Morgan fingerprint density at radius 1 is 0.486 bits per heavy atom. The molecule has 3 aliphatic heterocycles. The first-order valence-corrected chi connectivity index (χ1v) is 25.7. The molecule has 7 atom stereocenters. The van der Waals surface area contributed by atoms with E-state index in [9.17, 15) is 14.4 Å². The van der Waals surface area contributed by atoms with Crippen LogP contribution in [0.1, 0.15) is 91.4 Å². The minimum absolute atomic E-state index is 0. The molecule has 12 nitrogen and oxygen atoms in total. The molecule has 0 radical (unpaired) electrons. The zero-order valence-electron chi connectivity index (χ0n) is 42.4. The van der Waals surface area contributed by atoms with Crippen LogP contribution >= 0.6 is 49.6 Å². The van der Waals surface area contributed by atoms with Crippen molar-refractivity contribution in [1.29, 1.82) is 0 Å². The number of likely N-dealkylation sites (tertiary alicyclic amines) is 1. The summed E-state index contributed by atoms with van der Waals surface area (Å²) >= 11 is 0. The fraction of sp³-hybridized carbons (Fsp3) is 0.536. The number of hydrogen-bond acceptors (Lipinski definition) is 9. The van der Waals surface area contributed by atoms with Gasteiger partial charge in [-0.3, -0.25) is 19.4 Å². The highest BCUT2D eigenvalue weighted by Gasteiger charge is 2.40. The number of benzene rings is 3. The Bertz CT molecular complexity index is 2260. The third-order valence-electron chi connectivity index (χ3n) is 15.4. The molecule has 7 fully saturated rings. The van der Waals surface area contributed by atoms with E-state index >= 15 is 0 Å². The number of nitrogens with one attached hydrogen (secondary N) is 3. The maximum absolute atomic E-state index is 12.3. The summed E-state index contributed by atoms with van der Waals surface area (Å²) in [6.45, 7) is 12.9. The largest absolute Gasteiger partial charge is 0.341 e. The topological polar surface area (TPSA) is 116 Å². The van der Waals surface area contributed by atoms with Crippen molar-refractivity contribution in [2.24, 2.45) is 5.92 Å². The normalized spacial score (nSPS) is 25.0. The monoisotopic (exact) mass is 1070 g/mol. The lowest BCUT2D eigenvalue weighted by molar-refractivity contribution is -0.132. The summed E-state index contributed by atoms with van der Waals surface area (Å²) in [6, 6.07) is 33.9. The Kier molecular flexibility index (Phi) is 23.1. The Hall–Kier alpha value is -3.82. The number of nitrogens with zero attached hydrogens (tertiary/aromatic N) is 6. The number of likely N-dealkylation sites (N-methyl/N-ethyl adjacent to an activating group) is 2. The van der Waals surface area contributed by atoms with E-state index in [4.69, 9.17) is 0 Å². The van der Waals surface area contributed by atoms with Crippen LogP contribution in [-0.4, -0.2) is 165 Å². The lowest BCUT2D eigenvalue weighted by atomic mass is 10.0. The molecule has 4 aliphatic carbocycles. The highest BCUT2D eigenvalue weighted by atomic mass is 35.5. The molecule has 0 bridgehead atoms. The first kappa shape index (κ1) is 59.1. The number of carbonyl (C=O) groups excluding carboxylic acids is 3. The van der Waals surface area contributed by atoms with E-state index < -0.39 is 0 Å². The zero-order chi connectivity index (χ0) is 47.0. The summed E-state index contributed by atoms with van der Waals surface area (Å²) in [6.07, 6.45) is 11.0. The SMILES string of the molecule is CN1CCN(C(=O)CN[C@H]2CC2c2ccc(-c3cccnc3)cc2)CC1.CN1CCN(C(=O)CN[C@H]2CC2c2ccc(C3CC3)cc2)CC1.C[C@H]1CCN(C(=O)CN[C@H]2CC2c2ccccc2)C1.Cl.Cl.Cl.Cl. The van der Waals surface area contributed by atoms with Gasteiger partial charge in [-0.15, -0.1) is 49.6 Å².